The molecule has 2 N–H and O–H groups in total. The van der Waals surface area contributed by atoms with E-state index in [2.05, 4.69) is 10.0 Å². The molecule has 0 heterocycles. The maximum absolute atomic E-state index is 13.7. The van der Waals surface area contributed by atoms with Crippen LogP contribution in [0.1, 0.15) is 43.2 Å². The number of hydrogen-bond acceptors (Lipinski definition) is 3. The van der Waals surface area contributed by atoms with Crippen LogP contribution in [0.5, 0.6) is 0 Å². The van der Waals surface area contributed by atoms with E-state index in [1.54, 1.807) is 12.1 Å². The SMILES string of the molecule is O=CNCc1ccc(F)cc1.O=S(=O)(NC1CCCCC1)c1ccc(C(F)(F)F)cc1F. The summed E-state index contributed by atoms with van der Waals surface area (Å²) in [6, 6.07) is 7.13. The summed E-state index contributed by atoms with van der Waals surface area (Å²) in [7, 11) is -4.15. The van der Waals surface area contributed by atoms with E-state index in [4.69, 9.17) is 0 Å². The van der Waals surface area contributed by atoms with Crippen LogP contribution >= 0.6 is 0 Å². The van der Waals surface area contributed by atoms with Crippen LogP contribution in [0.4, 0.5) is 22.0 Å². The fraction of sp³-hybridized carbons (Fsp3) is 0.381. The van der Waals surface area contributed by atoms with Crippen LogP contribution in [-0.4, -0.2) is 20.9 Å². The summed E-state index contributed by atoms with van der Waals surface area (Å²) in [4.78, 5) is 9.11. The Morgan fingerprint density at radius 3 is 2.12 bits per heavy atom. The van der Waals surface area contributed by atoms with E-state index in [0.717, 1.165) is 24.8 Å². The monoisotopic (exact) mass is 478 g/mol. The second-order valence-electron chi connectivity index (χ2n) is 7.22. The molecule has 1 aliphatic carbocycles. The topological polar surface area (TPSA) is 75.3 Å². The van der Waals surface area contributed by atoms with E-state index in [1.807, 2.05) is 0 Å². The van der Waals surface area contributed by atoms with Gasteiger partial charge in [0.25, 0.3) is 0 Å². The molecule has 0 aromatic heterocycles. The molecule has 5 nitrogen and oxygen atoms in total. The zero-order valence-corrected chi connectivity index (χ0v) is 17.8. The number of rotatable bonds is 6. The van der Waals surface area contributed by atoms with Gasteiger partial charge in [-0.2, -0.15) is 13.2 Å². The summed E-state index contributed by atoms with van der Waals surface area (Å²) < 4.78 is 89.8. The molecular weight excluding hydrogens is 455 g/mol. The Bertz CT molecular complexity index is 989. The van der Waals surface area contributed by atoms with Crippen molar-refractivity contribution in [1.29, 1.82) is 0 Å². The van der Waals surface area contributed by atoms with Crippen molar-refractivity contribution in [3.63, 3.8) is 0 Å². The molecule has 11 heteroatoms. The molecule has 1 aliphatic rings. The molecule has 176 valence electrons. The van der Waals surface area contributed by atoms with E-state index in [1.165, 1.54) is 12.1 Å². The molecule has 0 atom stereocenters. The van der Waals surface area contributed by atoms with Crippen molar-refractivity contribution >= 4 is 16.4 Å². The fourth-order valence-corrected chi connectivity index (χ4v) is 4.52. The lowest BCUT2D eigenvalue weighted by molar-refractivity contribution is -0.137. The Balaban J connectivity index is 0.000000278. The highest BCUT2D eigenvalue weighted by Gasteiger charge is 2.33. The number of sulfonamides is 1. The first-order chi connectivity index (χ1) is 15.0. The van der Waals surface area contributed by atoms with Gasteiger partial charge in [0.15, 0.2) is 0 Å². The van der Waals surface area contributed by atoms with Crippen LogP contribution in [-0.2, 0) is 27.5 Å². The molecule has 0 spiro atoms. The normalized spacial score (nSPS) is 14.9. The highest BCUT2D eigenvalue weighted by molar-refractivity contribution is 7.89. The Morgan fingerprint density at radius 2 is 1.59 bits per heavy atom. The molecule has 32 heavy (non-hydrogen) atoms. The van der Waals surface area contributed by atoms with Gasteiger partial charge < -0.3 is 5.32 Å². The third-order valence-corrected chi connectivity index (χ3v) is 6.33. The number of carbonyl (C=O) groups excluding carboxylic acids is 1. The van der Waals surface area contributed by atoms with Crippen molar-refractivity contribution in [2.75, 3.05) is 0 Å². The second kappa shape index (κ2) is 11.4. The van der Waals surface area contributed by atoms with Gasteiger partial charge in [-0.3, -0.25) is 4.79 Å². The van der Waals surface area contributed by atoms with Gasteiger partial charge in [0.1, 0.15) is 16.5 Å². The quantitative estimate of drug-likeness (QED) is 0.473. The molecule has 0 unspecified atom stereocenters. The third kappa shape index (κ3) is 7.86. The Morgan fingerprint density at radius 1 is 0.969 bits per heavy atom. The van der Waals surface area contributed by atoms with Crippen LogP contribution in [0.3, 0.4) is 0 Å². The Kier molecular flexibility index (Phi) is 9.14. The van der Waals surface area contributed by atoms with Crippen LogP contribution in [0.25, 0.3) is 0 Å². The molecule has 2 aromatic carbocycles. The standard InChI is InChI=1S/C13H15F4NO2S.C8H8FNO/c14-11-8-9(13(15,16)17)6-7-12(11)21(19,20)18-10-4-2-1-3-5-10;9-8-3-1-7(2-4-8)5-10-6-11/h6-8,10,18H,1-5H2;1-4,6H,5H2,(H,10,11). The van der Waals surface area contributed by atoms with E-state index in [-0.39, 0.29) is 17.9 Å². The maximum Gasteiger partial charge on any atom is 0.416 e. The van der Waals surface area contributed by atoms with Crippen LogP contribution in [0.15, 0.2) is 47.4 Å². The number of amides is 1. The molecule has 1 fully saturated rings. The average Bonchev–Trinajstić information content (AvgIpc) is 2.73. The summed E-state index contributed by atoms with van der Waals surface area (Å²) in [5.74, 6) is -1.66. The lowest BCUT2D eigenvalue weighted by atomic mass is 9.96. The summed E-state index contributed by atoms with van der Waals surface area (Å²) in [5.41, 5.74) is -0.324. The van der Waals surface area contributed by atoms with Crippen molar-refractivity contribution in [3.8, 4) is 0 Å². The van der Waals surface area contributed by atoms with Crippen LogP contribution < -0.4 is 10.0 Å². The van der Waals surface area contributed by atoms with Crippen molar-refractivity contribution in [3.05, 3.63) is 65.2 Å². The number of benzene rings is 2. The summed E-state index contributed by atoms with van der Waals surface area (Å²) in [5, 5.41) is 2.48. The predicted octanol–water partition coefficient (Wildman–Crippen LogP) is 4.53. The summed E-state index contributed by atoms with van der Waals surface area (Å²) in [6.45, 7) is 0.448. The van der Waals surface area contributed by atoms with E-state index < -0.39 is 32.5 Å². The second-order valence-corrected chi connectivity index (χ2v) is 8.91. The lowest BCUT2D eigenvalue weighted by Crippen LogP contribution is -2.36. The third-order valence-electron chi connectivity index (χ3n) is 4.78. The average molecular weight is 478 g/mol. The Labute approximate surface area is 183 Å². The molecule has 0 saturated heterocycles. The van der Waals surface area contributed by atoms with Gasteiger partial charge in [0, 0.05) is 12.6 Å². The van der Waals surface area contributed by atoms with E-state index >= 15 is 0 Å². The van der Waals surface area contributed by atoms with Gasteiger partial charge in [-0.05, 0) is 48.7 Å². The molecule has 0 aliphatic heterocycles. The largest absolute Gasteiger partial charge is 0.416 e. The molecule has 1 amide bonds. The van der Waals surface area contributed by atoms with Crippen molar-refractivity contribution in [1.82, 2.24) is 10.0 Å². The minimum absolute atomic E-state index is 0.204. The lowest BCUT2D eigenvalue weighted by Gasteiger charge is -2.22. The van der Waals surface area contributed by atoms with Crippen molar-refractivity contribution in [2.45, 2.75) is 55.8 Å². The molecule has 2 aromatic rings. The van der Waals surface area contributed by atoms with Crippen LogP contribution in [0.2, 0.25) is 0 Å². The van der Waals surface area contributed by atoms with Gasteiger partial charge in [-0.15, -0.1) is 0 Å². The first-order valence-corrected chi connectivity index (χ1v) is 11.3. The zero-order valence-electron chi connectivity index (χ0n) is 17.0. The van der Waals surface area contributed by atoms with Gasteiger partial charge >= 0.3 is 6.18 Å². The fourth-order valence-electron chi connectivity index (χ4n) is 3.16. The molecule has 0 bridgehead atoms. The predicted molar refractivity (Wildman–Crippen MR) is 108 cm³/mol. The van der Waals surface area contributed by atoms with Gasteiger partial charge in [-0.25, -0.2) is 21.9 Å². The number of halogens is 5. The zero-order chi connectivity index (χ0) is 23.8. The minimum atomic E-state index is -4.71. The number of carbonyl (C=O) groups is 1. The molecule has 1 saturated carbocycles. The maximum atomic E-state index is 13.7. The molecule has 0 radical (unpaired) electrons. The van der Waals surface area contributed by atoms with Crippen LogP contribution in [0, 0.1) is 11.6 Å². The smallest absolute Gasteiger partial charge is 0.355 e. The Hall–Kier alpha value is -2.53. The highest BCUT2D eigenvalue weighted by Crippen LogP contribution is 2.31. The van der Waals surface area contributed by atoms with Gasteiger partial charge in [0.05, 0.1) is 5.56 Å². The van der Waals surface area contributed by atoms with E-state index in [0.29, 0.717) is 37.9 Å². The minimum Gasteiger partial charge on any atom is -0.355 e. The number of nitrogens with one attached hydrogen (secondary N) is 2. The van der Waals surface area contributed by atoms with Crippen molar-refractivity contribution in [2.24, 2.45) is 0 Å². The molecule has 3 rings (SSSR count). The highest BCUT2D eigenvalue weighted by atomic mass is 32.2. The van der Waals surface area contributed by atoms with E-state index in [9.17, 15) is 35.2 Å². The summed E-state index contributed by atoms with van der Waals surface area (Å²) >= 11 is 0. The van der Waals surface area contributed by atoms with Gasteiger partial charge in [0.2, 0.25) is 16.4 Å². The van der Waals surface area contributed by atoms with Gasteiger partial charge in [-0.1, -0.05) is 31.4 Å². The number of hydrogen-bond donors (Lipinski definition) is 2. The first-order valence-electron chi connectivity index (χ1n) is 9.83. The number of alkyl halides is 3. The molecular formula is C21H23F5N2O3S. The first kappa shape index (κ1) is 25.7. The van der Waals surface area contributed by atoms with Crippen molar-refractivity contribution < 1.29 is 35.2 Å². The summed E-state index contributed by atoms with van der Waals surface area (Å²) in [6.07, 6.45) is -0.00944.